The van der Waals surface area contributed by atoms with E-state index in [9.17, 15) is 4.79 Å². The van der Waals surface area contributed by atoms with Gasteiger partial charge in [-0.15, -0.1) is 0 Å². The lowest BCUT2D eigenvalue weighted by Gasteiger charge is -2.27. The fraction of sp³-hybridized carbons (Fsp3) is 0.353. The summed E-state index contributed by atoms with van der Waals surface area (Å²) in [6.07, 6.45) is 1.70. The minimum atomic E-state index is -0.355. The summed E-state index contributed by atoms with van der Waals surface area (Å²) >= 11 is 6.11. The van der Waals surface area contributed by atoms with Gasteiger partial charge in [0, 0.05) is 19.3 Å². The van der Waals surface area contributed by atoms with Gasteiger partial charge in [-0.05, 0) is 30.7 Å². The average molecular weight is 362 g/mol. The normalized spacial score (nSPS) is 14.2. The van der Waals surface area contributed by atoms with Crippen molar-refractivity contribution in [2.45, 2.75) is 13.5 Å². The lowest BCUT2D eigenvalue weighted by atomic mass is 10.2. The van der Waals surface area contributed by atoms with Gasteiger partial charge in [0.15, 0.2) is 0 Å². The highest BCUT2D eigenvalue weighted by molar-refractivity contribution is 6.33. The summed E-state index contributed by atoms with van der Waals surface area (Å²) in [7, 11) is 0. The van der Waals surface area contributed by atoms with E-state index in [0.29, 0.717) is 29.7 Å². The summed E-state index contributed by atoms with van der Waals surface area (Å²) in [4.78, 5) is 22.9. The summed E-state index contributed by atoms with van der Waals surface area (Å²) in [6, 6.07) is 6.96. The molecule has 2 amide bonds. The van der Waals surface area contributed by atoms with Crippen LogP contribution in [0.4, 0.5) is 16.3 Å². The molecule has 0 unspecified atom stereocenters. The molecule has 1 aliphatic rings. The molecule has 1 aromatic carbocycles. The van der Waals surface area contributed by atoms with Crippen LogP contribution in [-0.4, -0.2) is 42.3 Å². The van der Waals surface area contributed by atoms with Gasteiger partial charge in [0.1, 0.15) is 11.6 Å². The first-order valence-corrected chi connectivity index (χ1v) is 8.45. The Hall–Kier alpha value is -2.38. The van der Waals surface area contributed by atoms with Crippen LogP contribution in [0.3, 0.4) is 0 Å². The Labute approximate surface area is 151 Å². The molecule has 2 aromatic rings. The van der Waals surface area contributed by atoms with E-state index in [1.807, 2.05) is 19.1 Å². The van der Waals surface area contributed by atoms with Crippen molar-refractivity contribution in [3.8, 4) is 0 Å². The molecule has 0 atom stereocenters. The number of nitrogens with zero attached hydrogens (tertiary/aromatic N) is 3. The molecule has 3 rings (SSSR count). The van der Waals surface area contributed by atoms with Crippen LogP contribution in [0.5, 0.6) is 0 Å². The first-order valence-electron chi connectivity index (χ1n) is 8.07. The molecule has 8 heteroatoms. The molecule has 0 saturated carbocycles. The Kier molecular flexibility index (Phi) is 5.67. The molecule has 2 N–H and O–H groups in total. The summed E-state index contributed by atoms with van der Waals surface area (Å²) in [5, 5.41) is 5.96. The number of amides is 2. The third-order valence-corrected chi connectivity index (χ3v) is 4.12. The Bertz CT molecular complexity index is 750. The van der Waals surface area contributed by atoms with Crippen molar-refractivity contribution in [3.63, 3.8) is 0 Å². The molecule has 1 fully saturated rings. The van der Waals surface area contributed by atoms with Crippen molar-refractivity contribution in [3.05, 3.63) is 46.9 Å². The highest BCUT2D eigenvalue weighted by Gasteiger charge is 2.13. The maximum atomic E-state index is 12.0. The quantitative estimate of drug-likeness (QED) is 0.875. The standard InChI is InChI=1S/C17H20ClN5O2/c1-12-2-3-14(13(18)10-12)21-17(24)20-11-15-19-5-4-16(22-15)23-6-8-25-9-7-23/h2-5,10H,6-9,11H2,1H3,(H2,20,21,24). The predicted molar refractivity (Wildman–Crippen MR) is 97.1 cm³/mol. The van der Waals surface area contributed by atoms with Crippen LogP contribution in [-0.2, 0) is 11.3 Å². The Balaban J connectivity index is 1.56. The van der Waals surface area contributed by atoms with E-state index >= 15 is 0 Å². The summed E-state index contributed by atoms with van der Waals surface area (Å²) < 4.78 is 5.34. The lowest BCUT2D eigenvalue weighted by Crippen LogP contribution is -2.37. The minimum absolute atomic E-state index is 0.230. The molecule has 1 saturated heterocycles. The van der Waals surface area contributed by atoms with Gasteiger partial charge in [-0.2, -0.15) is 0 Å². The molecule has 7 nitrogen and oxygen atoms in total. The molecule has 0 bridgehead atoms. The molecular formula is C17H20ClN5O2. The van der Waals surface area contributed by atoms with Crippen molar-refractivity contribution < 1.29 is 9.53 Å². The number of nitrogens with one attached hydrogen (secondary N) is 2. The van der Waals surface area contributed by atoms with Gasteiger partial charge in [0.25, 0.3) is 0 Å². The number of ether oxygens (including phenoxy) is 1. The second-order valence-electron chi connectivity index (χ2n) is 5.72. The Morgan fingerprint density at radius 3 is 2.88 bits per heavy atom. The van der Waals surface area contributed by atoms with Crippen molar-refractivity contribution in [2.24, 2.45) is 0 Å². The predicted octanol–water partition coefficient (Wildman–Crippen LogP) is 2.60. The largest absolute Gasteiger partial charge is 0.378 e. The number of aromatic nitrogens is 2. The third kappa shape index (κ3) is 4.80. The summed E-state index contributed by atoms with van der Waals surface area (Å²) in [5.41, 5.74) is 1.59. The van der Waals surface area contributed by atoms with E-state index < -0.39 is 0 Å². The SMILES string of the molecule is Cc1ccc(NC(=O)NCc2nccc(N3CCOCC3)n2)c(Cl)c1. The van der Waals surface area contributed by atoms with Crippen molar-refractivity contribution in [2.75, 3.05) is 36.5 Å². The fourth-order valence-electron chi connectivity index (χ4n) is 2.49. The first kappa shape index (κ1) is 17.4. The van der Waals surface area contributed by atoms with Crippen LogP contribution >= 0.6 is 11.6 Å². The number of hydrogen-bond acceptors (Lipinski definition) is 5. The van der Waals surface area contributed by atoms with Gasteiger partial charge in [0.05, 0.1) is 30.5 Å². The van der Waals surface area contributed by atoms with Gasteiger partial charge < -0.3 is 20.3 Å². The molecule has 0 radical (unpaired) electrons. The van der Waals surface area contributed by atoms with E-state index in [4.69, 9.17) is 16.3 Å². The van der Waals surface area contributed by atoms with Crippen LogP contribution in [0, 0.1) is 6.92 Å². The van der Waals surface area contributed by atoms with Gasteiger partial charge in [-0.1, -0.05) is 17.7 Å². The molecule has 25 heavy (non-hydrogen) atoms. The van der Waals surface area contributed by atoms with Crippen LogP contribution in [0.25, 0.3) is 0 Å². The van der Waals surface area contributed by atoms with Crippen molar-refractivity contribution >= 4 is 29.1 Å². The fourth-order valence-corrected chi connectivity index (χ4v) is 2.77. The zero-order valence-corrected chi connectivity index (χ0v) is 14.7. The van der Waals surface area contributed by atoms with E-state index in [1.165, 1.54) is 0 Å². The number of aryl methyl sites for hydroxylation is 1. The van der Waals surface area contributed by atoms with Crippen LogP contribution < -0.4 is 15.5 Å². The number of benzene rings is 1. The number of anilines is 2. The molecule has 1 aromatic heterocycles. The molecule has 0 spiro atoms. The maximum absolute atomic E-state index is 12.0. The topological polar surface area (TPSA) is 79.4 Å². The maximum Gasteiger partial charge on any atom is 0.319 e. The second-order valence-corrected chi connectivity index (χ2v) is 6.13. The number of rotatable bonds is 4. The number of carbonyl (C=O) groups excluding carboxylic acids is 1. The smallest absolute Gasteiger partial charge is 0.319 e. The van der Waals surface area contributed by atoms with Crippen molar-refractivity contribution in [1.82, 2.24) is 15.3 Å². The lowest BCUT2D eigenvalue weighted by molar-refractivity contribution is 0.122. The molecular weight excluding hydrogens is 342 g/mol. The first-order chi connectivity index (χ1) is 12.1. The van der Waals surface area contributed by atoms with Crippen LogP contribution in [0.15, 0.2) is 30.5 Å². The molecule has 1 aliphatic heterocycles. The third-order valence-electron chi connectivity index (χ3n) is 3.81. The number of morpholine rings is 1. The number of carbonyl (C=O) groups is 1. The monoisotopic (exact) mass is 361 g/mol. The average Bonchev–Trinajstić information content (AvgIpc) is 2.63. The van der Waals surface area contributed by atoms with Crippen LogP contribution in [0.2, 0.25) is 5.02 Å². The van der Waals surface area contributed by atoms with Crippen molar-refractivity contribution in [1.29, 1.82) is 0 Å². The Morgan fingerprint density at radius 1 is 1.32 bits per heavy atom. The minimum Gasteiger partial charge on any atom is -0.378 e. The number of hydrogen-bond donors (Lipinski definition) is 2. The van der Waals surface area contributed by atoms with E-state index in [1.54, 1.807) is 18.3 Å². The molecule has 0 aliphatic carbocycles. The molecule has 2 heterocycles. The van der Waals surface area contributed by atoms with Gasteiger partial charge in [-0.25, -0.2) is 14.8 Å². The highest BCUT2D eigenvalue weighted by atomic mass is 35.5. The zero-order chi connectivity index (χ0) is 17.6. The summed E-state index contributed by atoms with van der Waals surface area (Å²) in [6.45, 7) is 5.16. The Morgan fingerprint density at radius 2 is 2.12 bits per heavy atom. The number of urea groups is 1. The number of halogens is 1. The summed E-state index contributed by atoms with van der Waals surface area (Å²) in [5.74, 6) is 1.39. The van der Waals surface area contributed by atoms with Gasteiger partial charge >= 0.3 is 6.03 Å². The second kappa shape index (κ2) is 8.13. The zero-order valence-electron chi connectivity index (χ0n) is 14.0. The van der Waals surface area contributed by atoms with E-state index in [-0.39, 0.29) is 12.6 Å². The van der Waals surface area contributed by atoms with Gasteiger partial charge in [0.2, 0.25) is 0 Å². The molecule has 132 valence electrons. The van der Waals surface area contributed by atoms with E-state index in [0.717, 1.165) is 24.5 Å². The van der Waals surface area contributed by atoms with Gasteiger partial charge in [-0.3, -0.25) is 0 Å². The highest BCUT2D eigenvalue weighted by Crippen LogP contribution is 2.22. The van der Waals surface area contributed by atoms with E-state index in [2.05, 4.69) is 25.5 Å². The van der Waals surface area contributed by atoms with Crippen LogP contribution in [0.1, 0.15) is 11.4 Å².